The van der Waals surface area contributed by atoms with E-state index in [2.05, 4.69) is 21.6 Å². The lowest BCUT2D eigenvalue weighted by molar-refractivity contribution is -0.123. The summed E-state index contributed by atoms with van der Waals surface area (Å²) in [6.07, 6.45) is 1.13. The highest BCUT2D eigenvalue weighted by Gasteiger charge is 2.21. The number of hydrogen-bond acceptors (Lipinski definition) is 4. The number of carbonyl (C=O) groups is 1. The third kappa shape index (κ3) is 3.54. The second-order valence-electron chi connectivity index (χ2n) is 4.87. The third-order valence-corrected chi connectivity index (χ3v) is 4.45. The summed E-state index contributed by atoms with van der Waals surface area (Å²) in [6.45, 7) is 4.55. The molecule has 1 amide bonds. The number of rotatable bonds is 5. The first-order valence-corrected chi connectivity index (χ1v) is 7.28. The van der Waals surface area contributed by atoms with Crippen LogP contribution in [0, 0.1) is 0 Å². The predicted octanol–water partition coefficient (Wildman–Crippen LogP) is 1.22. The van der Waals surface area contributed by atoms with Gasteiger partial charge in [-0.15, -0.1) is 11.3 Å². The van der Waals surface area contributed by atoms with Crippen LogP contribution in [-0.2, 0) is 4.79 Å². The molecule has 18 heavy (non-hydrogen) atoms. The van der Waals surface area contributed by atoms with Crippen LogP contribution in [0.2, 0.25) is 0 Å². The molecule has 0 aliphatic carbocycles. The van der Waals surface area contributed by atoms with Crippen molar-refractivity contribution in [3.8, 4) is 0 Å². The molecule has 2 rings (SSSR count). The molecule has 1 aromatic rings. The molecule has 2 N–H and O–H groups in total. The van der Waals surface area contributed by atoms with E-state index >= 15 is 0 Å². The van der Waals surface area contributed by atoms with E-state index in [0.717, 1.165) is 19.5 Å². The van der Waals surface area contributed by atoms with Gasteiger partial charge in [0.25, 0.3) is 0 Å². The normalized spacial score (nSPS) is 21.2. The van der Waals surface area contributed by atoms with Crippen molar-refractivity contribution in [1.29, 1.82) is 0 Å². The first kappa shape index (κ1) is 13.5. The average Bonchev–Trinajstić information content (AvgIpc) is 3.02. The summed E-state index contributed by atoms with van der Waals surface area (Å²) in [7, 11) is 2.02. The van der Waals surface area contributed by atoms with Crippen molar-refractivity contribution in [3.63, 3.8) is 0 Å². The lowest BCUT2D eigenvalue weighted by atomic mass is 10.2. The van der Waals surface area contributed by atoms with Crippen molar-refractivity contribution in [2.24, 2.45) is 0 Å². The van der Waals surface area contributed by atoms with Gasteiger partial charge in [-0.2, -0.15) is 0 Å². The van der Waals surface area contributed by atoms with Gasteiger partial charge >= 0.3 is 0 Å². The van der Waals surface area contributed by atoms with Crippen LogP contribution in [0.25, 0.3) is 0 Å². The zero-order valence-corrected chi connectivity index (χ0v) is 11.8. The Kier molecular flexibility index (Phi) is 4.74. The summed E-state index contributed by atoms with van der Waals surface area (Å²) in [4.78, 5) is 15.3. The number of amides is 1. The van der Waals surface area contributed by atoms with Crippen molar-refractivity contribution >= 4 is 17.2 Å². The third-order valence-electron chi connectivity index (χ3n) is 3.40. The van der Waals surface area contributed by atoms with E-state index in [4.69, 9.17) is 0 Å². The van der Waals surface area contributed by atoms with Crippen molar-refractivity contribution in [1.82, 2.24) is 15.5 Å². The molecule has 0 spiro atoms. The molecule has 1 aliphatic rings. The SMILES string of the molecule is CC(NC(=O)CN(C)C1CCNC1)c1cccs1. The Hall–Kier alpha value is -0.910. The minimum absolute atomic E-state index is 0.102. The maximum atomic E-state index is 11.9. The van der Waals surface area contributed by atoms with Crippen molar-refractivity contribution in [3.05, 3.63) is 22.4 Å². The fourth-order valence-corrected chi connectivity index (χ4v) is 3.00. The first-order valence-electron chi connectivity index (χ1n) is 6.40. The van der Waals surface area contributed by atoms with Gasteiger partial charge in [0.05, 0.1) is 12.6 Å². The van der Waals surface area contributed by atoms with E-state index in [-0.39, 0.29) is 11.9 Å². The van der Waals surface area contributed by atoms with Gasteiger partial charge < -0.3 is 10.6 Å². The Morgan fingerprint density at radius 3 is 3.17 bits per heavy atom. The number of nitrogens with zero attached hydrogens (tertiary/aromatic N) is 1. The van der Waals surface area contributed by atoms with Gasteiger partial charge in [-0.05, 0) is 38.4 Å². The van der Waals surface area contributed by atoms with Crippen LogP contribution in [0.5, 0.6) is 0 Å². The fourth-order valence-electron chi connectivity index (χ4n) is 2.27. The Morgan fingerprint density at radius 2 is 2.56 bits per heavy atom. The van der Waals surface area contributed by atoms with E-state index in [1.54, 1.807) is 11.3 Å². The van der Waals surface area contributed by atoms with Crippen LogP contribution >= 0.6 is 11.3 Å². The molecule has 0 bridgehead atoms. The molecule has 2 atom stereocenters. The van der Waals surface area contributed by atoms with Gasteiger partial charge in [0.1, 0.15) is 0 Å². The van der Waals surface area contributed by atoms with Crippen molar-refractivity contribution in [2.75, 3.05) is 26.7 Å². The zero-order chi connectivity index (χ0) is 13.0. The van der Waals surface area contributed by atoms with Gasteiger partial charge in [-0.25, -0.2) is 0 Å². The molecule has 1 saturated heterocycles. The second-order valence-corrected chi connectivity index (χ2v) is 5.85. The molecule has 0 saturated carbocycles. The second kappa shape index (κ2) is 6.31. The molecule has 1 aliphatic heterocycles. The van der Waals surface area contributed by atoms with Gasteiger partial charge in [0.15, 0.2) is 0 Å². The maximum Gasteiger partial charge on any atom is 0.234 e. The largest absolute Gasteiger partial charge is 0.348 e. The minimum atomic E-state index is 0.102. The molecule has 4 nitrogen and oxygen atoms in total. The highest BCUT2D eigenvalue weighted by Crippen LogP contribution is 2.17. The van der Waals surface area contributed by atoms with Crippen LogP contribution in [0.4, 0.5) is 0 Å². The van der Waals surface area contributed by atoms with E-state index in [0.29, 0.717) is 12.6 Å². The Labute approximate surface area is 112 Å². The number of carbonyl (C=O) groups excluding carboxylic acids is 1. The van der Waals surface area contributed by atoms with E-state index in [1.807, 2.05) is 25.4 Å². The average molecular weight is 267 g/mol. The minimum Gasteiger partial charge on any atom is -0.348 e. The van der Waals surface area contributed by atoms with Gasteiger partial charge in [-0.1, -0.05) is 6.07 Å². The van der Waals surface area contributed by atoms with Gasteiger partial charge in [0, 0.05) is 17.5 Å². The van der Waals surface area contributed by atoms with Crippen LogP contribution in [-0.4, -0.2) is 43.5 Å². The predicted molar refractivity (Wildman–Crippen MR) is 74.8 cm³/mol. The summed E-state index contributed by atoms with van der Waals surface area (Å²) in [5.74, 6) is 0.102. The Morgan fingerprint density at radius 1 is 1.72 bits per heavy atom. The smallest absolute Gasteiger partial charge is 0.234 e. The molecule has 5 heteroatoms. The Bertz CT molecular complexity index is 374. The number of nitrogens with one attached hydrogen (secondary N) is 2. The fraction of sp³-hybridized carbons (Fsp3) is 0.615. The summed E-state index contributed by atoms with van der Waals surface area (Å²) >= 11 is 1.68. The monoisotopic (exact) mass is 267 g/mol. The Balaban J connectivity index is 1.77. The molecular weight excluding hydrogens is 246 g/mol. The molecule has 0 radical (unpaired) electrons. The summed E-state index contributed by atoms with van der Waals surface area (Å²) in [5.41, 5.74) is 0. The van der Waals surface area contributed by atoms with Gasteiger partial charge in [0.2, 0.25) is 5.91 Å². The summed E-state index contributed by atoms with van der Waals surface area (Å²) < 4.78 is 0. The number of thiophene rings is 1. The summed E-state index contributed by atoms with van der Waals surface area (Å²) in [5, 5.41) is 8.40. The number of hydrogen-bond donors (Lipinski definition) is 2. The van der Waals surface area contributed by atoms with E-state index in [9.17, 15) is 4.79 Å². The summed E-state index contributed by atoms with van der Waals surface area (Å²) in [6, 6.07) is 4.67. The first-order chi connectivity index (χ1) is 8.66. The zero-order valence-electron chi connectivity index (χ0n) is 11.0. The quantitative estimate of drug-likeness (QED) is 0.843. The van der Waals surface area contributed by atoms with Crippen LogP contribution in [0.3, 0.4) is 0 Å². The van der Waals surface area contributed by atoms with Crippen LogP contribution < -0.4 is 10.6 Å². The maximum absolute atomic E-state index is 11.9. The molecule has 100 valence electrons. The molecule has 0 aromatic carbocycles. The standard InChI is InChI=1S/C13H21N3OS/c1-10(12-4-3-7-18-12)15-13(17)9-16(2)11-5-6-14-8-11/h3-4,7,10-11,14H,5-6,8-9H2,1-2H3,(H,15,17). The topological polar surface area (TPSA) is 44.4 Å². The van der Waals surface area contributed by atoms with Crippen molar-refractivity contribution < 1.29 is 4.79 Å². The molecule has 1 fully saturated rings. The molecular formula is C13H21N3OS. The number of likely N-dealkylation sites (N-methyl/N-ethyl adjacent to an activating group) is 1. The lowest BCUT2D eigenvalue weighted by Crippen LogP contribution is -2.42. The van der Waals surface area contributed by atoms with Crippen LogP contribution in [0.1, 0.15) is 24.3 Å². The molecule has 2 unspecified atom stereocenters. The molecule has 2 heterocycles. The van der Waals surface area contributed by atoms with Crippen LogP contribution in [0.15, 0.2) is 17.5 Å². The van der Waals surface area contributed by atoms with Gasteiger partial charge in [-0.3, -0.25) is 9.69 Å². The highest BCUT2D eigenvalue weighted by molar-refractivity contribution is 7.10. The highest BCUT2D eigenvalue weighted by atomic mass is 32.1. The lowest BCUT2D eigenvalue weighted by Gasteiger charge is -2.23. The van der Waals surface area contributed by atoms with E-state index in [1.165, 1.54) is 4.88 Å². The van der Waals surface area contributed by atoms with Crippen molar-refractivity contribution in [2.45, 2.75) is 25.4 Å². The molecule has 1 aromatic heterocycles. The van der Waals surface area contributed by atoms with E-state index < -0.39 is 0 Å².